The molecule has 0 radical (unpaired) electrons. The van der Waals surface area contributed by atoms with Crippen molar-refractivity contribution < 1.29 is 24.9 Å². The second kappa shape index (κ2) is 12.6. The minimum absolute atomic E-state index is 0.0935. The molecule has 0 heterocycles. The second-order valence-corrected chi connectivity index (χ2v) is 7.54. The van der Waals surface area contributed by atoms with E-state index in [4.69, 9.17) is 5.11 Å². The number of carboxylic acid groups (broad SMARTS) is 1. The van der Waals surface area contributed by atoms with Gasteiger partial charge in [0, 0.05) is 12.0 Å². The number of allylic oxidation sites excluding steroid dienone is 4. The summed E-state index contributed by atoms with van der Waals surface area (Å²) in [7, 11) is 0. The van der Waals surface area contributed by atoms with E-state index >= 15 is 0 Å². The summed E-state index contributed by atoms with van der Waals surface area (Å²) in [4.78, 5) is 22.5. The van der Waals surface area contributed by atoms with Crippen LogP contribution in [-0.2, 0) is 9.59 Å². The summed E-state index contributed by atoms with van der Waals surface area (Å²) >= 11 is 0. The zero-order valence-corrected chi connectivity index (χ0v) is 16.5. The number of unbranched alkanes of at least 4 members (excludes halogenated alkanes) is 2. The first kappa shape index (κ1) is 23.3. The van der Waals surface area contributed by atoms with E-state index in [0.717, 1.165) is 25.3 Å². The predicted octanol–water partition coefficient (Wildman–Crippen LogP) is 3.66. The van der Waals surface area contributed by atoms with Gasteiger partial charge in [-0.15, -0.1) is 0 Å². The molecule has 27 heavy (non-hydrogen) atoms. The lowest BCUT2D eigenvalue weighted by Crippen LogP contribution is -2.29. The minimum atomic E-state index is -0.988. The molecule has 0 aromatic rings. The third kappa shape index (κ3) is 9.16. The average molecular weight is 379 g/mol. The van der Waals surface area contributed by atoms with E-state index in [2.05, 4.69) is 13.8 Å². The Morgan fingerprint density at radius 1 is 1.26 bits per heavy atom. The van der Waals surface area contributed by atoms with Crippen molar-refractivity contribution in [1.82, 2.24) is 0 Å². The van der Waals surface area contributed by atoms with E-state index in [1.54, 1.807) is 18.2 Å². The first-order valence-corrected chi connectivity index (χ1v) is 10.0. The van der Waals surface area contributed by atoms with Crippen LogP contribution in [0.15, 0.2) is 36.5 Å². The molecule has 3 N–H and O–H groups in total. The van der Waals surface area contributed by atoms with Crippen LogP contribution in [0.5, 0.6) is 0 Å². The van der Waals surface area contributed by atoms with E-state index in [-0.39, 0.29) is 11.7 Å². The molecule has 5 unspecified atom stereocenters. The maximum atomic E-state index is 12.1. The highest BCUT2D eigenvalue weighted by molar-refractivity contribution is 5.95. The molecule has 0 aromatic heterocycles. The van der Waals surface area contributed by atoms with Crippen LogP contribution in [0.25, 0.3) is 0 Å². The third-order valence-electron chi connectivity index (χ3n) is 5.02. The molecule has 5 nitrogen and oxygen atoms in total. The lowest BCUT2D eigenvalue weighted by atomic mass is 9.86. The Kier molecular flexibility index (Phi) is 10.9. The summed E-state index contributed by atoms with van der Waals surface area (Å²) in [5.74, 6) is -1.36. The third-order valence-corrected chi connectivity index (χ3v) is 5.02. The lowest BCUT2D eigenvalue weighted by Gasteiger charge is -2.22. The molecule has 5 atom stereocenters. The Morgan fingerprint density at radius 3 is 2.67 bits per heavy atom. The number of carboxylic acids is 1. The number of aliphatic carboxylic acids is 1. The van der Waals surface area contributed by atoms with Crippen LogP contribution in [0.1, 0.15) is 58.8 Å². The molecule has 152 valence electrons. The highest BCUT2D eigenvalue weighted by Gasteiger charge is 2.34. The second-order valence-electron chi connectivity index (χ2n) is 7.54. The Bertz CT molecular complexity index is 549. The highest BCUT2D eigenvalue weighted by atomic mass is 16.4. The summed E-state index contributed by atoms with van der Waals surface area (Å²) in [5.41, 5.74) is 0. The fourth-order valence-corrected chi connectivity index (χ4v) is 3.48. The minimum Gasteiger partial charge on any atom is -0.478 e. The largest absolute Gasteiger partial charge is 0.478 e. The smallest absolute Gasteiger partial charge is 0.327 e. The maximum Gasteiger partial charge on any atom is 0.327 e. The summed E-state index contributed by atoms with van der Waals surface area (Å²) in [5, 5.41) is 29.2. The molecule has 1 aliphatic carbocycles. The fourth-order valence-electron chi connectivity index (χ4n) is 3.48. The van der Waals surface area contributed by atoms with E-state index in [0.29, 0.717) is 31.6 Å². The Balaban J connectivity index is 2.50. The van der Waals surface area contributed by atoms with Crippen molar-refractivity contribution in [2.24, 2.45) is 17.8 Å². The van der Waals surface area contributed by atoms with Gasteiger partial charge in [0.25, 0.3) is 0 Å². The quantitative estimate of drug-likeness (QED) is 0.258. The molecule has 5 heteroatoms. The topological polar surface area (TPSA) is 94.8 Å². The molecule has 1 rings (SSSR count). The standard InChI is InChI=1S/C22H34O5/c1-3-4-8-16(2)15-18(23)13-11-17-12-14-20(25)22(17)19(24)9-6-5-7-10-21(26)27/h7,10-14,16-19,22-24H,3-6,8-9,15H2,1-2H3,(H,26,27). The zero-order chi connectivity index (χ0) is 20.2. The van der Waals surface area contributed by atoms with Crippen LogP contribution in [0.2, 0.25) is 0 Å². The summed E-state index contributed by atoms with van der Waals surface area (Å²) < 4.78 is 0. The van der Waals surface area contributed by atoms with E-state index < -0.39 is 24.1 Å². The SMILES string of the molecule is CCCCC(C)CC(O)C=CC1C=CC(=O)C1C(O)CCCC=CC(=O)O. The molecular formula is C22H34O5. The number of carbonyl (C=O) groups excluding carboxylic acids is 1. The average Bonchev–Trinajstić information content (AvgIpc) is 2.98. The predicted molar refractivity (Wildman–Crippen MR) is 106 cm³/mol. The monoisotopic (exact) mass is 378 g/mol. The molecule has 0 bridgehead atoms. The van der Waals surface area contributed by atoms with Gasteiger partial charge in [-0.25, -0.2) is 4.79 Å². The number of carbonyl (C=O) groups is 2. The molecule has 0 saturated carbocycles. The number of aliphatic hydroxyl groups is 2. The summed E-state index contributed by atoms with van der Waals surface area (Å²) in [6.45, 7) is 4.29. The van der Waals surface area contributed by atoms with Crippen LogP contribution in [0.4, 0.5) is 0 Å². The molecule has 1 aliphatic rings. The molecule has 0 spiro atoms. The molecule has 0 aliphatic heterocycles. The first-order valence-electron chi connectivity index (χ1n) is 10.0. The van der Waals surface area contributed by atoms with Gasteiger partial charge in [0.15, 0.2) is 5.78 Å². The lowest BCUT2D eigenvalue weighted by molar-refractivity contribution is -0.131. The van der Waals surface area contributed by atoms with Crippen molar-refractivity contribution in [3.63, 3.8) is 0 Å². The van der Waals surface area contributed by atoms with Crippen molar-refractivity contribution >= 4 is 11.8 Å². The van der Waals surface area contributed by atoms with Gasteiger partial charge in [-0.2, -0.15) is 0 Å². The molecular weight excluding hydrogens is 344 g/mol. The van der Waals surface area contributed by atoms with Gasteiger partial charge in [-0.1, -0.05) is 57.4 Å². The highest BCUT2D eigenvalue weighted by Crippen LogP contribution is 2.29. The van der Waals surface area contributed by atoms with Crippen molar-refractivity contribution in [2.45, 2.75) is 71.0 Å². The van der Waals surface area contributed by atoms with Gasteiger partial charge in [0.1, 0.15) is 0 Å². The first-order chi connectivity index (χ1) is 12.8. The summed E-state index contributed by atoms with van der Waals surface area (Å²) in [6, 6.07) is 0. The van der Waals surface area contributed by atoms with Gasteiger partial charge < -0.3 is 15.3 Å². The van der Waals surface area contributed by atoms with Crippen molar-refractivity contribution in [2.75, 3.05) is 0 Å². The normalized spacial score (nSPS) is 23.3. The van der Waals surface area contributed by atoms with Crippen LogP contribution in [0, 0.1) is 17.8 Å². The van der Waals surface area contributed by atoms with E-state index in [1.165, 1.54) is 6.08 Å². The maximum absolute atomic E-state index is 12.1. The molecule has 0 amide bonds. The van der Waals surface area contributed by atoms with Crippen LogP contribution >= 0.6 is 0 Å². The summed E-state index contributed by atoms with van der Waals surface area (Å²) in [6.07, 6.45) is 13.9. The van der Waals surface area contributed by atoms with Crippen molar-refractivity contribution in [1.29, 1.82) is 0 Å². The molecule has 0 aromatic carbocycles. The Labute approximate surface area is 162 Å². The number of hydrogen-bond donors (Lipinski definition) is 3. The van der Waals surface area contributed by atoms with Gasteiger partial charge in [-0.05, 0) is 37.7 Å². The van der Waals surface area contributed by atoms with Crippen LogP contribution in [0.3, 0.4) is 0 Å². The van der Waals surface area contributed by atoms with Gasteiger partial charge >= 0.3 is 5.97 Å². The zero-order valence-electron chi connectivity index (χ0n) is 16.5. The Morgan fingerprint density at radius 2 is 2.00 bits per heavy atom. The van der Waals surface area contributed by atoms with Gasteiger partial charge in [0.2, 0.25) is 0 Å². The fraction of sp³-hybridized carbons (Fsp3) is 0.636. The Hall–Kier alpha value is -1.72. The van der Waals surface area contributed by atoms with Crippen molar-refractivity contribution in [3.8, 4) is 0 Å². The number of aliphatic hydroxyl groups excluding tert-OH is 2. The van der Waals surface area contributed by atoms with Crippen LogP contribution in [-0.4, -0.2) is 39.3 Å². The van der Waals surface area contributed by atoms with E-state index in [9.17, 15) is 19.8 Å². The molecule has 0 saturated heterocycles. The number of hydrogen-bond acceptors (Lipinski definition) is 4. The van der Waals surface area contributed by atoms with E-state index in [1.807, 2.05) is 6.08 Å². The molecule has 0 fully saturated rings. The van der Waals surface area contributed by atoms with Gasteiger partial charge in [0.05, 0.1) is 18.1 Å². The van der Waals surface area contributed by atoms with Gasteiger partial charge in [-0.3, -0.25) is 4.79 Å². The van der Waals surface area contributed by atoms with Crippen molar-refractivity contribution in [3.05, 3.63) is 36.5 Å². The number of rotatable bonds is 13. The number of ketones is 1. The van der Waals surface area contributed by atoms with Crippen LogP contribution < -0.4 is 0 Å².